The molecule has 0 saturated heterocycles. The van der Waals surface area contributed by atoms with Gasteiger partial charge >= 0.3 is 164 Å². The van der Waals surface area contributed by atoms with Gasteiger partial charge in [-0.2, -0.15) is 0 Å². The summed E-state index contributed by atoms with van der Waals surface area (Å²) in [6.07, 6.45) is 4.68. The van der Waals surface area contributed by atoms with E-state index < -0.39 is 10.9 Å². The quantitative estimate of drug-likeness (QED) is 0.595. The van der Waals surface area contributed by atoms with Crippen LogP contribution in [-0.2, 0) is 4.74 Å². The zero-order chi connectivity index (χ0) is 19.9. The maximum absolute atomic E-state index is 12.1. The van der Waals surface area contributed by atoms with Crippen LogP contribution in [0.15, 0.2) is 37.2 Å². The Kier molecular flexibility index (Phi) is 5.74. The number of hydrogen-bond acceptors (Lipinski definition) is 4. The van der Waals surface area contributed by atoms with Gasteiger partial charge in [0, 0.05) is 0 Å². The van der Waals surface area contributed by atoms with E-state index in [1.807, 2.05) is 19.1 Å². The second-order valence-corrected chi connectivity index (χ2v) is 9.70. The average Bonchev–Trinajstić information content (AvgIpc) is 2.52. The zero-order valence-electron chi connectivity index (χ0n) is 16.7. The van der Waals surface area contributed by atoms with Crippen molar-refractivity contribution < 1.29 is 4.74 Å². The molecule has 0 aromatic heterocycles. The maximum atomic E-state index is 12.1. The first-order valence-electron chi connectivity index (χ1n) is 9.01. The molecular formula is C21H29NO3Se. The number of nitrogens with one attached hydrogen (secondary N) is 1. The van der Waals surface area contributed by atoms with Crippen molar-refractivity contribution in [2.24, 2.45) is 10.8 Å². The third-order valence-corrected chi connectivity index (χ3v) is 5.17. The Balaban J connectivity index is 2.59. The molecule has 2 rings (SSSR count). The van der Waals surface area contributed by atoms with Crippen LogP contribution in [0.4, 0.5) is 5.69 Å². The summed E-state index contributed by atoms with van der Waals surface area (Å²) < 4.78 is 7.17. The van der Waals surface area contributed by atoms with Gasteiger partial charge in [0.25, 0.3) is 0 Å². The Bertz CT molecular complexity index is 867. The fraction of sp³-hybridized carbons (Fsp3) is 0.524. The van der Waals surface area contributed by atoms with Gasteiger partial charge in [-0.1, -0.05) is 0 Å². The number of rotatable bonds is 4. The van der Waals surface area contributed by atoms with Crippen LogP contribution in [0, 0.1) is 10.8 Å². The predicted octanol–water partition coefficient (Wildman–Crippen LogP) is 3.61. The monoisotopic (exact) mass is 423 g/mol. The van der Waals surface area contributed by atoms with Crippen molar-refractivity contribution in [1.29, 1.82) is 0 Å². The predicted molar refractivity (Wildman–Crippen MR) is 110 cm³/mol. The van der Waals surface area contributed by atoms with Gasteiger partial charge in [-0.05, 0) is 0 Å². The number of hydrogen-bond donors (Lipinski definition) is 1. The number of allylic oxidation sites excluding steroid dienone is 5. The van der Waals surface area contributed by atoms with Crippen LogP contribution >= 0.6 is 0 Å². The molecule has 0 spiro atoms. The molecule has 142 valence electrons. The molecule has 1 aromatic carbocycles. The van der Waals surface area contributed by atoms with Crippen molar-refractivity contribution in [2.75, 3.05) is 11.9 Å². The van der Waals surface area contributed by atoms with E-state index in [4.69, 9.17) is 4.74 Å². The van der Waals surface area contributed by atoms with E-state index in [0.29, 0.717) is 17.8 Å². The van der Waals surface area contributed by atoms with Crippen LogP contribution in [0.3, 0.4) is 0 Å². The minimum atomic E-state index is -0.426. The van der Waals surface area contributed by atoms with E-state index >= 15 is 0 Å². The van der Waals surface area contributed by atoms with Gasteiger partial charge < -0.3 is 0 Å². The first-order valence-corrected chi connectivity index (χ1v) is 9.94. The second kappa shape index (κ2) is 7.21. The van der Waals surface area contributed by atoms with Gasteiger partial charge in [0.1, 0.15) is 0 Å². The first-order chi connectivity index (χ1) is 11.9. The van der Waals surface area contributed by atoms with Crippen molar-refractivity contribution in [3.05, 3.63) is 53.6 Å². The molecule has 4 nitrogen and oxygen atoms in total. The summed E-state index contributed by atoms with van der Waals surface area (Å²) in [5.74, 6) is 1.73. The number of ether oxygens (including phenoxy) is 1. The van der Waals surface area contributed by atoms with Crippen LogP contribution < -0.4 is 16.2 Å². The molecule has 1 heterocycles. The van der Waals surface area contributed by atoms with Crippen molar-refractivity contribution in [3.8, 4) is 0 Å². The van der Waals surface area contributed by atoms with E-state index in [-0.39, 0.29) is 10.8 Å². The topological polar surface area (TPSA) is 55.4 Å². The third-order valence-electron chi connectivity index (χ3n) is 4.21. The van der Waals surface area contributed by atoms with Crippen LogP contribution in [0.25, 0.3) is 6.08 Å². The van der Waals surface area contributed by atoms with Gasteiger partial charge in [0.2, 0.25) is 0 Å². The first kappa shape index (κ1) is 20.7. The van der Waals surface area contributed by atoms with Crippen LogP contribution in [0.1, 0.15) is 60.5 Å². The van der Waals surface area contributed by atoms with Crippen molar-refractivity contribution in [2.45, 2.75) is 54.9 Å². The normalized spacial score (nSPS) is 17.5. The van der Waals surface area contributed by atoms with E-state index in [1.165, 1.54) is 0 Å². The van der Waals surface area contributed by atoms with Crippen LogP contribution in [0.2, 0.25) is 0 Å². The molecule has 0 aliphatic carbocycles. The molecule has 0 bridgehead atoms. The van der Waals surface area contributed by atoms with Gasteiger partial charge in [0.05, 0.1) is 0 Å². The molecule has 0 amide bonds. The van der Waals surface area contributed by atoms with E-state index in [1.54, 1.807) is 0 Å². The Morgan fingerprint density at radius 1 is 1.08 bits per heavy atom. The van der Waals surface area contributed by atoms with E-state index in [2.05, 4.69) is 62.9 Å². The summed E-state index contributed by atoms with van der Waals surface area (Å²) in [4.78, 5) is 24.0. The van der Waals surface area contributed by atoms with E-state index in [9.17, 15) is 9.59 Å². The van der Waals surface area contributed by atoms with Crippen LogP contribution in [-0.4, -0.2) is 22.6 Å². The molecule has 0 radical (unpaired) electrons. The van der Waals surface area contributed by atoms with Crippen molar-refractivity contribution >= 4 is 27.8 Å². The molecule has 1 aromatic rings. The average molecular weight is 422 g/mol. The van der Waals surface area contributed by atoms with Crippen LogP contribution in [0.5, 0.6) is 0 Å². The Hall–Kier alpha value is -1.58. The van der Waals surface area contributed by atoms with Gasteiger partial charge in [0.15, 0.2) is 0 Å². The fourth-order valence-corrected chi connectivity index (χ4v) is 3.71. The molecule has 0 unspecified atom stereocenters. The van der Waals surface area contributed by atoms with Gasteiger partial charge in [-0.3, -0.25) is 0 Å². The SMILES string of the molecule is CCCNc1c(C=C2C=C(C(C)(C)C)OC(C(C)(C)C)=C2[SeH])c(=O)c1=O. The molecule has 1 N–H and O–H groups in total. The summed E-state index contributed by atoms with van der Waals surface area (Å²) in [6, 6.07) is 0. The molecule has 0 atom stereocenters. The Labute approximate surface area is 163 Å². The fourth-order valence-electron chi connectivity index (χ4n) is 2.64. The second-order valence-electron chi connectivity index (χ2n) is 8.76. The molecule has 0 fully saturated rings. The minimum absolute atomic E-state index is 0.166. The molecular weight excluding hydrogens is 393 g/mol. The van der Waals surface area contributed by atoms with Crippen molar-refractivity contribution in [3.63, 3.8) is 0 Å². The zero-order valence-corrected chi connectivity index (χ0v) is 18.6. The summed E-state index contributed by atoms with van der Waals surface area (Å²) in [5.41, 5.74) is 0.595. The van der Waals surface area contributed by atoms with Gasteiger partial charge in [-0.15, -0.1) is 0 Å². The molecule has 5 heteroatoms. The Morgan fingerprint density at radius 2 is 1.69 bits per heavy atom. The summed E-state index contributed by atoms with van der Waals surface area (Å²) >= 11 is 2.55. The van der Waals surface area contributed by atoms with Crippen molar-refractivity contribution in [1.82, 2.24) is 0 Å². The molecule has 0 saturated carbocycles. The molecule has 1 aliphatic rings. The summed E-state index contributed by atoms with van der Waals surface area (Å²) in [5, 5.41) is 3.08. The van der Waals surface area contributed by atoms with E-state index in [0.717, 1.165) is 28.0 Å². The standard InChI is InChI=1S/C21H29NO3Se/c1-8-9-22-15-13(16(23)17(15)24)10-12-11-14(20(2,3)4)25-19(18(12)26)21(5,6)7/h10-11,22,26H,8-9H2,1-7H3. The summed E-state index contributed by atoms with van der Waals surface area (Å²) in [7, 11) is 0. The number of anilines is 1. The van der Waals surface area contributed by atoms with Gasteiger partial charge in [-0.25, -0.2) is 0 Å². The summed E-state index contributed by atoms with van der Waals surface area (Å²) in [6.45, 7) is 15.3. The third kappa shape index (κ3) is 4.05. The molecule has 1 aliphatic heterocycles. The Morgan fingerprint density at radius 3 is 2.19 bits per heavy atom. The molecule has 26 heavy (non-hydrogen) atoms.